The second kappa shape index (κ2) is 6.58. The molecule has 0 aliphatic rings. The lowest BCUT2D eigenvalue weighted by molar-refractivity contribution is 0.575. The van der Waals surface area contributed by atoms with Crippen molar-refractivity contribution in [3.63, 3.8) is 0 Å². The molecule has 0 saturated carbocycles. The van der Waals surface area contributed by atoms with E-state index in [1.54, 1.807) is 28.7 Å². The third-order valence-corrected chi connectivity index (χ3v) is 2.94. The zero-order valence-corrected chi connectivity index (χ0v) is 10.9. The predicted molar refractivity (Wildman–Crippen MR) is 70.4 cm³/mol. The van der Waals surface area contributed by atoms with Crippen LogP contribution in [0.25, 0.3) is 0 Å². The summed E-state index contributed by atoms with van der Waals surface area (Å²) in [5.41, 5.74) is -0.0401. The SMILES string of the molecule is CSCCCNc1nccn(C(C)C)c1=O. The molecule has 0 amide bonds. The summed E-state index contributed by atoms with van der Waals surface area (Å²) in [5.74, 6) is 1.55. The molecule has 0 aliphatic heterocycles. The van der Waals surface area contributed by atoms with Gasteiger partial charge in [0, 0.05) is 25.0 Å². The normalized spacial score (nSPS) is 10.8. The molecule has 0 aliphatic carbocycles. The number of nitrogens with zero attached hydrogens (tertiary/aromatic N) is 2. The third kappa shape index (κ3) is 3.56. The molecule has 0 fully saturated rings. The number of aromatic nitrogens is 2. The highest BCUT2D eigenvalue weighted by Crippen LogP contribution is 2.02. The lowest BCUT2D eigenvalue weighted by Gasteiger charge is -2.11. The maximum absolute atomic E-state index is 11.9. The fourth-order valence-corrected chi connectivity index (χ4v) is 1.81. The molecule has 1 aromatic heterocycles. The zero-order chi connectivity index (χ0) is 12.0. The van der Waals surface area contributed by atoms with Crippen molar-refractivity contribution in [3.05, 3.63) is 22.7 Å². The topological polar surface area (TPSA) is 46.9 Å². The number of nitrogens with one attached hydrogen (secondary N) is 1. The van der Waals surface area contributed by atoms with Crippen molar-refractivity contribution in [2.75, 3.05) is 23.9 Å². The molecule has 90 valence electrons. The second-order valence-electron chi connectivity index (χ2n) is 3.86. The van der Waals surface area contributed by atoms with Crippen LogP contribution in [0.15, 0.2) is 17.2 Å². The van der Waals surface area contributed by atoms with Gasteiger partial charge < -0.3 is 9.88 Å². The maximum Gasteiger partial charge on any atom is 0.293 e. The molecule has 0 unspecified atom stereocenters. The Hall–Kier alpha value is -0.970. The zero-order valence-electron chi connectivity index (χ0n) is 10.1. The first-order valence-electron chi connectivity index (χ1n) is 5.46. The molecule has 0 saturated heterocycles. The van der Waals surface area contributed by atoms with Gasteiger partial charge in [0.1, 0.15) is 0 Å². The highest BCUT2D eigenvalue weighted by Gasteiger charge is 2.05. The number of anilines is 1. The Balaban J connectivity index is 2.66. The van der Waals surface area contributed by atoms with Gasteiger partial charge in [-0.15, -0.1) is 0 Å². The first-order valence-corrected chi connectivity index (χ1v) is 6.86. The molecule has 16 heavy (non-hydrogen) atoms. The summed E-state index contributed by atoms with van der Waals surface area (Å²) in [6.07, 6.45) is 6.50. The molecule has 0 radical (unpaired) electrons. The Morgan fingerprint density at radius 3 is 2.94 bits per heavy atom. The predicted octanol–water partition coefficient (Wildman–Crippen LogP) is 1.99. The van der Waals surface area contributed by atoms with Crippen molar-refractivity contribution in [1.29, 1.82) is 0 Å². The number of hydrogen-bond donors (Lipinski definition) is 1. The van der Waals surface area contributed by atoms with Crippen molar-refractivity contribution in [1.82, 2.24) is 9.55 Å². The molecule has 0 spiro atoms. The Labute approximate surface area is 100 Å². The number of hydrogen-bond acceptors (Lipinski definition) is 4. The fraction of sp³-hybridized carbons (Fsp3) is 0.636. The monoisotopic (exact) mass is 241 g/mol. The minimum atomic E-state index is -0.0401. The molecule has 1 heterocycles. The van der Waals surface area contributed by atoms with E-state index in [2.05, 4.69) is 16.6 Å². The molecule has 0 atom stereocenters. The smallest absolute Gasteiger partial charge is 0.293 e. The van der Waals surface area contributed by atoms with Crippen LogP contribution in [0.1, 0.15) is 26.3 Å². The molecule has 1 N–H and O–H groups in total. The molecular weight excluding hydrogens is 222 g/mol. The van der Waals surface area contributed by atoms with E-state index < -0.39 is 0 Å². The van der Waals surface area contributed by atoms with E-state index in [0.29, 0.717) is 5.82 Å². The highest BCUT2D eigenvalue weighted by atomic mass is 32.2. The quantitative estimate of drug-likeness (QED) is 0.774. The van der Waals surface area contributed by atoms with Gasteiger partial charge in [-0.25, -0.2) is 4.98 Å². The summed E-state index contributed by atoms with van der Waals surface area (Å²) in [6, 6.07) is 0.169. The van der Waals surface area contributed by atoms with Crippen LogP contribution in [-0.4, -0.2) is 28.1 Å². The summed E-state index contributed by atoms with van der Waals surface area (Å²) in [5, 5.41) is 3.09. The van der Waals surface area contributed by atoms with Crippen LogP contribution in [0.2, 0.25) is 0 Å². The minimum Gasteiger partial charge on any atom is -0.365 e. The van der Waals surface area contributed by atoms with Crippen LogP contribution in [0.3, 0.4) is 0 Å². The van der Waals surface area contributed by atoms with Crippen LogP contribution >= 0.6 is 11.8 Å². The summed E-state index contributed by atoms with van der Waals surface area (Å²) >= 11 is 1.81. The van der Waals surface area contributed by atoms with Gasteiger partial charge >= 0.3 is 0 Å². The van der Waals surface area contributed by atoms with Crippen LogP contribution in [-0.2, 0) is 0 Å². The second-order valence-corrected chi connectivity index (χ2v) is 4.84. The highest BCUT2D eigenvalue weighted by molar-refractivity contribution is 7.98. The van der Waals surface area contributed by atoms with E-state index in [1.807, 2.05) is 13.8 Å². The van der Waals surface area contributed by atoms with Gasteiger partial charge in [0.25, 0.3) is 5.56 Å². The Kier molecular flexibility index (Phi) is 5.38. The van der Waals surface area contributed by atoms with Crippen LogP contribution in [0, 0.1) is 0 Å². The molecule has 1 aromatic rings. The summed E-state index contributed by atoms with van der Waals surface area (Å²) in [6.45, 7) is 4.77. The summed E-state index contributed by atoms with van der Waals surface area (Å²) < 4.78 is 1.68. The average molecular weight is 241 g/mol. The third-order valence-electron chi connectivity index (χ3n) is 2.24. The van der Waals surface area contributed by atoms with Gasteiger partial charge in [0.05, 0.1) is 0 Å². The van der Waals surface area contributed by atoms with E-state index in [-0.39, 0.29) is 11.6 Å². The summed E-state index contributed by atoms with van der Waals surface area (Å²) in [4.78, 5) is 16.0. The Morgan fingerprint density at radius 2 is 2.31 bits per heavy atom. The number of thioether (sulfide) groups is 1. The van der Waals surface area contributed by atoms with Gasteiger partial charge in [0.2, 0.25) is 0 Å². The van der Waals surface area contributed by atoms with E-state index in [9.17, 15) is 4.79 Å². The molecule has 5 heteroatoms. The van der Waals surface area contributed by atoms with Gasteiger partial charge in [-0.1, -0.05) is 0 Å². The van der Waals surface area contributed by atoms with E-state index in [4.69, 9.17) is 0 Å². The van der Waals surface area contributed by atoms with E-state index in [1.165, 1.54) is 0 Å². The lowest BCUT2D eigenvalue weighted by atomic mass is 10.4. The largest absolute Gasteiger partial charge is 0.365 e. The maximum atomic E-state index is 11.9. The van der Waals surface area contributed by atoms with Crippen LogP contribution < -0.4 is 10.9 Å². The Morgan fingerprint density at radius 1 is 1.56 bits per heavy atom. The van der Waals surface area contributed by atoms with Crippen LogP contribution in [0.4, 0.5) is 5.82 Å². The number of rotatable bonds is 6. The first-order chi connectivity index (χ1) is 7.66. The van der Waals surface area contributed by atoms with Crippen molar-refractivity contribution in [2.45, 2.75) is 26.3 Å². The van der Waals surface area contributed by atoms with Crippen molar-refractivity contribution >= 4 is 17.6 Å². The minimum absolute atomic E-state index is 0.0401. The van der Waals surface area contributed by atoms with E-state index in [0.717, 1.165) is 18.7 Å². The Bertz CT molecular complexity index is 376. The van der Waals surface area contributed by atoms with Gasteiger partial charge in [0.15, 0.2) is 5.82 Å². The first kappa shape index (κ1) is 13.1. The fourth-order valence-electron chi connectivity index (χ4n) is 1.38. The van der Waals surface area contributed by atoms with Gasteiger partial charge in [-0.2, -0.15) is 11.8 Å². The molecular formula is C11H19N3OS. The lowest BCUT2D eigenvalue weighted by Crippen LogP contribution is -2.26. The average Bonchev–Trinajstić information content (AvgIpc) is 2.26. The van der Waals surface area contributed by atoms with E-state index >= 15 is 0 Å². The van der Waals surface area contributed by atoms with Gasteiger partial charge in [-0.3, -0.25) is 4.79 Å². The van der Waals surface area contributed by atoms with Crippen molar-refractivity contribution in [3.8, 4) is 0 Å². The van der Waals surface area contributed by atoms with Crippen molar-refractivity contribution < 1.29 is 0 Å². The molecule has 1 rings (SSSR count). The molecule has 0 aromatic carbocycles. The molecule has 4 nitrogen and oxygen atoms in total. The molecule has 0 bridgehead atoms. The van der Waals surface area contributed by atoms with Crippen molar-refractivity contribution in [2.24, 2.45) is 0 Å². The summed E-state index contributed by atoms with van der Waals surface area (Å²) in [7, 11) is 0. The van der Waals surface area contributed by atoms with Gasteiger partial charge in [-0.05, 0) is 32.3 Å². The standard InChI is InChI=1S/C11H19N3OS/c1-9(2)14-7-6-13-10(11(14)15)12-5-4-8-16-3/h6-7,9H,4-5,8H2,1-3H3,(H,12,13). The van der Waals surface area contributed by atoms with Crippen LogP contribution in [0.5, 0.6) is 0 Å².